The van der Waals surface area contributed by atoms with Crippen LogP contribution in [0.3, 0.4) is 0 Å². The van der Waals surface area contributed by atoms with Crippen molar-refractivity contribution in [2.24, 2.45) is 0 Å². The fourth-order valence-electron chi connectivity index (χ4n) is 1.49. The van der Waals surface area contributed by atoms with E-state index in [1.165, 1.54) is 7.11 Å². The van der Waals surface area contributed by atoms with Gasteiger partial charge in [0.15, 0.2) is 5.82 Å². The van der Waals surface area contributed by atoms with Crippen LogP contribution in [0.25, 0.3) is 11.4 Å². The van der Waals surface area contributed by atoms with Gasteiger partial charge in [-0.2, -0.15) is 15.0 Å². The quantitative estimate of drug-likeness (QED) is 0.886. The molecule has 2 aromatic heterocycles. The second-order valence-corrected chi connectivity index (χ2v) is 4.08. The van der Waals surface area contributed by atoms with E-state index in [-0.39, 0.29) is 0 Å². The lowest BCUT2D eigenvalue weighted by molar-refractivity contribution is 0.379. The van der Waals surface area contributed by atoms with Crippen molar-refractivity contribution >= 4 is 5.95 Å². The molecule has 0 aliphatic rings. The molecule has 6 nitrogen and oxygen atoms in total. The summed E-state index contributed by atoms with van der Waals surface area (Å²) in [6, 6.07) is 4.15. The molecule has 2 heterocycles. The molecule has 0 aliphatic carbocycles. The largest absolute Gasteiger partial charge is 0.467 e. The van der Waals surface area contributed by atoms with Crippen molar-refractivity contribution in [3.63, 3.8) is 0 Å². The Kier molecular flexibility index (Phi) is 4.22. The minimum absolute atomic E-state index is 0.296. The fourth-order valence-corrected chi connectivity index (χ4v) is 1.49. The minimum Gasteiger partial charge on any atom is -0.467 e. The summed E-state index contributed by atoms with van der Waals surface area (Å²) >= 11 is 0. The van der Waals surface area contributed by atoms with E-state index in [0.717, 1.165) is 24.2 Å². The fraction of sp³-hybridized carbons (Fsp3) is 0.385. The Labute approximate surface area is 112 Å². The summed E-state index contributed by atoms with van der Waals surface area (Å²) < 4.78 is 5.10. The van der Waals surface area contributed by atoms with Crippen molar-refractivity contribution in [3.05, 3.63) is 24.0 Å². The normalized spacial score (nSPS) is 10.3. The van der Waals surface area contributed by atoms with Gasteiger partial charge in [0.1, 0.15) is 0 Å². The van der Waals surface area contributed by atoms with Crippen molar-refractivity contribution in [1.82, 2.24) is 19.9 Å². The number of nitrogens with one attached hydrogen (secondary N) is 1. The van der Waals surface area contributed by atoms with Crippen molar-refractivity contribution in [2.45, 2.75) is 20.3 Å². The molecule has 100 valence electrons. The number of methoxy groups -OCH3 is 1. The zero-order chi connectivity index (χ0) is 13.7. The number of aromatic nitrogens is 4. The highest BCUT2D eigenvalue weighted by Crippen LogP contribution is 2.18. The number of hydrogen-bond acceptors (Lipinski definition) is 6. The summed E-state index contributed by atoms with van der Waals surface area (Å²) in [6.07, 6.45) is 2.74. The Morgan fingerprint density at radius 2 is 2.05 bits per heavy atom. The lowest BCUT2D eigenvalue weighted by atomic mass is 10.2. The van der Waals surface area contributed by atoms with Gasteiger partial charge in [0.2, 0.25) is 5.95 Å². The van der Waals surface area contributed by atoms with Gasteiger partial charge in [-0.25, -0.2) is 0 Å². The molecule has 0 saturated carbocycles. The van der Waals surface area contributed by atoms with Crippen LogP contribution in [0.2, 0.25) is 0 Å². The van der Waals surface area contributed by atoms with Crippen LogP contribution >= 0.6 is 0 Å². The van der Waals surface area contributed by atoms with E-state index in [9.17, 15) is 0 Å². The van der Waals surface area contributed by atoms with E-state index in [2.05, 4.69) is 32.2 Å². The number of pyridine rings is 1. The number of rotatable bonds is 5. The number of ether oxygens (including phenoxy) is 1. The predicted octanol–water partition coefficient (Wildman–Crippen LogP) is 2.07. The second-order valence-electron chi connectivity index (χ2n) is 4.08. The molecule has 19 heavy (non-hydrogen) atoms. The molecule has 0 amide bonds. The van der Waals surface area contributed by atoms with E-state index in [4.69, 9.17) is 4.74 Å². The van der Waals surface area contributed by atoms with Crippen LogP contribution in [0.4, 0.5) is 5.95 Å². The number of aryl methyl sites for hydroxylation is 1. The maximum atomic E-state index is 5.10. The number of anilines is 1. The molecular weight excluding hydrogens is 242 g/mol. The summed E-state index contributed by atoms with van der Waals surface area (Å²) in [7, 11) is 1.54. The van der Waals surface area contributed by atoms with Crippen LogP contribution in [-0.4, -0.2) is 33.6 Å². The Morgan fingerprint density at radius 3 is 2.68 bits per heavy atom. The van der Waals surface area contributed by atoms with Crippen LogP contribution in [0.5, 0.6) is 6.01 Å². The number of nitrogens with zero attached hydrogens (tertiary/aromatic N) is 4. The van der Waals surface area contributed by atoms with Gasteiger partial charge in [0.25, 0.3) is 0 Å². The maximum absolute atomic E-state index is 5.10. The van der Waals surface area contributed by atoms with Gasteiger partial charge in [-0.3, -0.25) is 4.98 Å². The van der Waals surface area contributed by atoms with E-state index in [0.29, 0.717) is 17.8 Å². The van der Waals surface area contributed by atoms with Crippen molar-refractivity contribution < 1.29 is 4.74 Å². The summed E-state index contributed by atoms with van der Waals surface area (Å²) in [5.41, 5.74) is 1.79. The zero-order valence-electron chi connectivity index (χ0n) is 11.3. The van der Waals surface area contributed by atoms with Crippen LogP contribution in [0.1, 0.15) is 19.0 Å². The zero-order valence-corrected chi connectivity index (χ0v) is 11.3. The smallest absolute Gasteiger partial charge is 0.321 e. The lowest BCUT2D eigenvalue weighted by Gasteiger charge is -2.07. The Hall–Kier alpha value is -2.24. The first-order valence-corrected chi connectivity index (χ1v) is 6.20. The summed E-state index contributed by atoms with van der Waals surface area (Å²) in [5, 5.41) is 3.13. The Morgan fingerprint density at radius 1 is 1.21 bits per heavy atom. The summed E-state index contributed by atoms with van der Waals surface area (Å²) in [5.74, 6) is 1.07. The monoisotopic (exact) mass is 259 g/mol. The predicted molar refractivity (Wildman–Crippen MR) is 73.1 cm³/mol. The third-order valence-corrected chi connectivity index (χ3v) is 2.50. The van der Waals surface area contributed by atoms with Gasteiger partial charge in [-0.05, 0) is 25.5 Å². The van der Waals surface area contributed by atoms with E-state index < -0.39 is 0 Å². The molecule has 0 aliphatic heterocycles. The maximum Gasteiger partial charge on any atom is 0.321 e. The van der Waals surface area contributed by atoms with E-state index >= 15 is 0 Å². The Balaban J connectivity index is 2.35. The van der Waals surface area contributed by atoms with Crippen LogP contribution in [0, 0.1) is 6.92 Å². The lowest BCUT2D eigenvalue weighted by Crippen LogP contribution is -2.07. The molecule has 0 bridgehead atoms. The molecule has 1 N–H and O–H groups in total. The van der Waals surface area contributed by atoms with Crippen LogP contribution in [-0.2, 0) is 0 Å². The summed E-state index contributed by atoms with van der Waals surface area (Å²) in [6.45, 7) is 4.82. The SMILES string of the molecule is CCCNc1nc(OC)nc(-c2ccc(C)nc2)n1. The third kappa shape index (κ3) is 3.37. The molecule has 0 fully saturated rings. The standard InChI is InChI=1S/C13H17N5O/c1-4-7-14-12-16-11(17-13(18-12)19-3)10-6-5-9(2)15-8-10/h5-6,8H,4,7H2,1-3H3,(H,14,16,17,18). The average molecular weight is 259 g/mol. The first-order chi connectivity index (χ1) is 9.22. The van der Waals surface area contributed by atoms with E-state index in [1.807, 2.05) is 19.1 Å². The Bertz CT molecular complexity index is 541. The van der Waals surface area contributed by atoms with Crippen molar-refractivity contribution in [2.75, 3.05) is 19.0 Å². The molecule has 2 aromatic rings. The third-order valence-electron chi connectivity index (χ3n) is 2.50. The molecule has 6 heteroatoms. The van der Waals surface area contributed by atoms with Gasteiger partial charge < -0.3 is 10.1 Å². The van der Waals surface area contributed by atoms with Gasteiger partial charge in [0.05, 0.1) is 7.11 Å². The van der Waals surface area contributed by atoms with E-state index in [1.54, 1.807) is 6.20 Å². The molecule has 0 spiro atoms. The van der Waals surface area contributed by atoms with Gasteiger partial charge in [0, 0.05) is 24.0 Å². The highest BCUT2D eigenvalue weighted by Gasteiger charge is 2.08. The average Bonchev–Trinajstić information content (AvgIpc) is 2.45. The highest BCUT2D eigenvalue weighted by atomic mass is 16.5. The van der Waals surface area contributed by atoms with Crippen molar-refractivity contribution in [1.29, 1.82) is 0 Å². The van der Waals surface area contributed by atoms with Crippen molar-refractivity contribution in [3.8, 4) is 17.4 Å². The minimum atomic E-state index is 0.296. The second kappa shape index (κ2) is 6.08. The topological polar surface area (TPSA) is 72.8 Å². The van der Waals surface area contributed by atoms with Gasteiger partial charge >= 0.3 is 6.01 Å². The van der Waals surface area contributed by atoms with Gasteiger partial charge in [-0.1, -0.05) is 6.92 Å². The molecule has 0 unspecified atom stereocenters. The van der Waals surface area contributed by atoms with Gasteiger partial charge in [-0.15, -0.1) is 0 Å². The molecule has 0 aromatic carbocycles. The molecule has 2 rings (SSSR count). The first-order valence-electron chi connectivity index (χ1n) is 6.20. The van der Waals surface area contributed by atoms with Crippen LogP contribution in [0.15, 0.2) is 18.3 Å². The molecule has 0 saturated heterocycles. The highest BCUT2D eigenvalue weighted by molar-refractivity contribution is 5.55. The molecule has 0 atom stereocenters. The number of hydrogen-bond donors (Lipinski definition) is 1. The molecule has 0 radical (unpaired) electrons. The van der Waals surface area contributed by atoms with Crippen LogP contribution < -0.4 is 10.1 Å². The first kappa shape index (κ1) is 13.2. The summed E-state index contributed by atoms with van der Waals surface area (Å²) in [4.78, 5) is 17.0. The molecular formula is C13H17N5O.